The number of carbonyl (C=O) groups excluding carboxylic acids is 2. The number of rotatable bonds is 5. The minimum absolute atomic E-state index is 0.00193. The molecule has 2 amide bonds. The molecular weight excluding hydrogens is 401 g/mol. The molecule has 0 radical (unpaired) electrons. The van der Waals surface area contributed by atoms with Crippen molar-refractivity contribution in [1.82, 2.24) is 4.90 Å². The highest BCUT2D eigenvalue weighted by Crippen LogP contribution is 2.36. The zero-order chi connectivity index (χ0) is 22.0. The van der Waals surface area contributed by atoms with Gasteiger partial charge in [0, 0.05) is 50.9 Å². The Morgan fingerprint density at radius 3 is 2.35 bits per heavy atom. The van der Waals surface area contributed by atoms with E-state index in [2.05, 4.69) is 4.90 Å². The second-order valence-corrected chi connectivity index (χ2v) is 7.73. The molecule has 1 unspecified atom stereocenters. The fourth-order valence-electron chi connectivity index (χ4n) is 4.21. The lowest BCUT2D eigenvalue weighted by atomic mass is 10.1. The molecule has 2 aromatic rings. The second-order valence-electron chi connectivity index (χ2n) is 7.73. The Morgan fingerprint density at radius 2 is 1.71 bits per heavy atom. The number of amides is 2. The maximum atomic E-state index is 13.1. The van der Waals surface area contributed by atoms with Gasteiger partial charge >= 0.3 is 0 Å². The van der Waals surface area contributed by atoms with E-state index in [9.17, 15) is 14.0 Å². The van der Waals surface area contributed by atoms with E-state index < -0.39 is 0 Å². The number of anilines is 2. The fourth-order valence-corrected chi connectivity index (χ4v) is 4.21. The molecule has 7 nitrogen and oxygen atoms in total. The molecule has 0 saturated carbocycles. The van der Waals surface area contributed by atoms with Crippen molar-refractivity contribution in [3.05, 3.63) is 48.3 Å². The van der Waals surface area contributed by atoms with Crippen LogP contribution in [-0.2, 0) is 9.59 Å². The van der Waals surface area contributed by atoms with Gasteiger partial charge in [0.05, 0.1) is 25.8 Å². The predicted molar refractivity (Wildman–Crippen MR) is 115 cm³/mol. The van der Waals surface area contributed by atoms with Crippen molar-refractivity contribution in [2.24, 2.45) is 5.92 Å². The smallest absolute Gasteiger partial charge is 0.228 e. The van der Waals surface area contributed by atoms with Gasteiger partial charge in [-0.05, 0) is 36.4 Å². The van der Waals surface area contributed by atoms with E-state index >= 15 is 0 Å². The summed E-state index contributed by atoms with van der Waals surface area (Å²) < 4.78 is 23.8. The first-order chi connectivity index (χ1) is 15.0. The Morgan fingerprint density at radius 1 is 1.00 bits per heavy atom. The Balaban J connectivity index is 1.39. The van der Waals surface area contributed by atoms with E-state index in [1.165, 1.54) is 12.1 Å². The third-order valence-electron chi connectivity index (χ3n) is 5.94. The molecule has 164 valence electrons. The minimum Gasteiger partial charge on any atom is -0.497 e. The van der Waals surface area contributed by atoms with Crippen LogP contribution in [0.25, 0.3) is 0 Å². The van der Waals surface area contributed by atoms with Crippen LogP contribution in [0.3, 0.4) is 0 Å². The van der Waals surface area contributed by atoms with E-state index in [0.29, 0.717) is 49.9 Å². The monoisotopic (exact) mass is 427 g/mol. The second kappa shape index (κ2) is 8.83. The molecule has 4 rings (SSSR count). The maximum absolute atomic E-state index is 13.1. The number of hydrogen-bond donors (Lipinski definition) is 0. The molecule has 31 heavy (non-hydrogen) atoms. The Bertz CT molecular complexity index is 958. The predicted octanol–water partition coefficient (Wildman–Crippen LogP) is 2.54. The summed E-state index contributed by atoms with van der Waals surface area (Å²) in [6, 6.07) is 11.7. The topological polar surface area (TPSA) is 62.3 Å². The summed E-state index contributed by atoms with van der Waals surface area (Å²) in [5, 5.41) is 0. The van der Waals surface area contributed by atoms with Crippen LogP contribution in [0.2, 0.25) is 0 Å². The van der Waals surface area contributed by atoms with Gasteiger partial charge in [0.15, 0.2) is 0 Å². The lowest BCUT2D eigenvalue weighted by Crippen LogP contribution is -2.50. The number of methoxy groups -OCH3 is 2. The molecule has 0 aliphatic carbocycles. The molecule has 2 saturated heterocycles. The average Bonchev–Trinajstić information content (AvgIpc) is 3.20. The molecule has 0 spiro atoms. The largest absolute Gasteiger partial charge is 0.497 e. The summed E-state index contributed by atoms with van der Waals surface area (Å²) in [6.07, 6.45) is 0.187. The van der Waals surface area contributed by atoms with Crippen molar-refractivity contribution in [2.75, 3.05) is 56.7 Å². The summed E-state index contributed by atoms with van der Waals surface area (Å²) in [5.74, 6) is 0.444. The molecule has 2 aromatic carbocycles. The van der Waals surface area contributed by atoms with Gasteiger partial charge in [-0.1, -0.05) is 0 Å². The normalized spacial score (nSPS) is 19.0. The first-order valence-electron chi connectivity index (χ1n) is 10.3. The molecule has 0 N–H and O–H groups in total. The van der Waals surface area contributed by atoms with Crippen LogP contribution in [0.1, 0.15) is 6.42 Å². The minimum atomic E-state index is -0.378. The number of ether oxygens (including phenoxy) is 2. The molecular formula is C23H26FN3O4. The first kappa shape index (κ1) is 21.0. The van der Waals surface area contributed by atoms with Crippen LogP contribution in [0.4, 0.5) is 15.8 Å². The Labute approximate surface area is 180 Å². The Kier molecular flexibility index (Phi) is 5.97. The summed E-state index contributed by atoms with van der Waals surface area (Å²) in [6.45, 7) is 2.83. The highest BCUT2D eigenvalue weighted by molar-refractivity contribution is 6.01. The third kappa shape index (κ3) is 4.28. The van der Waals surface area contributed by atoms with E-state index in [-0.39, 0.29) is 30.0 Å². The van der Waals surface area contributed by atoms with Crippen LogP contribution in [0.15, 0.2) is 42.5 Å². The van der Waals surface area contributed by atoms with Gasteiger partial charge in [0.25, 0.3) is 0 Å². The van der Waals surface area contributed by atoms with Gasteiger partial charge in [-0.25, -0.2) is 4.39 Å². The lowest BCUT2D eigenvalue weighted by molar-refractivity contribution is -0.136. The van der Waals surface area contributed by atoms with Crippen LogP contribution in [-0.4, -0.2) is 63.7 Å². The van der Waals surface area contributed by atoms with E-state index in [0.717, 1.165) is 5.69 Å². The summed E-state index contributed by atoms with van der Waals surface area (Å²) in [5.41, 5.74) is 1.59. The van der Waals surface area contributed by atoms with Crippen LogP contribution < -0.4 is 19.3 Å². The quantitative estimate of drug-likeness (QED) is 0.734. The summed E-state index contributed by atoms with van der Waals surface area (Å²) in [7, 11) is 3.11. The number of nitrogens with zero attached hydrogens (tertiary/aromatic N) is 3. The van der Waals surface area contributed by atoms with Gasteiger partial charge < -0.3 is 24.2 Å². The van der Waals surface area contributed by atoms with Gasteiger partial charge in [-0.15, -0.1) is 0 Å². The zero-order valence-electron chi connectivity index (χ0n) is 17.7. The van der Waals surface area contributed by atoms with Crippen molar-refractivity contribution in [2.45, 2.75) is 6.42 Å². The van der Waals surface area contributed by atoms with Crippen LogP contribution in [0.5, 0.6) is 11.5 Å². The summed E-state index contributed by atoms with van der Waals surface area (Å²) >= 11 is 0. The molecule has 1 atom stereocenters. The van der Waals surface area contributed by atoms with Gasteiger partial charge in [0.2, 0.25) is 11.8 Å². The molecule has 2 heterocycles. The zero-order valence-corrected chi connectivity index (χ0v) is 17.7. The number of benzene rings is 2. The highest BCUT2D eigenvalue weighted by Gasteiger charge is 2.38. The van der Waals surface area contributed by atoms with Crippen molar-refractivity contribution >= 4 is 23.2 Å². The standard InChI is InChI=1S/C23H26FN3O4/c1-30-19-7-8-20(21(14-19)31-2)27-15-16(13-22(27)28)23(29)26-11-9-25(10-12-26)18-5-3-17(24)4-6-18/h3-8,14,16H,9-13,15H2,1-2H3. The highest BCUT2D eigenvalue weighted by atomic mass is 19.1. The first-order valence-corrected chi connectivity index (χ1v) is 10.3. The number of hydrogen-bond acceptors (Lipinski definition) is 5. The van der Waals surface area contributed by atoms with Gasteiger partial charge in [0.1, 0.15) is 17.3 Å². The number of piperazine rings is 1. The molecule has 2 aliphatic rings. The summed E-state index contributed by atoms with van der Waals surface area (Å²) in [4.78, 5) is 31.4. The fraction of sp³-hybridized carbons (Fsp3) is 0.391. The molecule has 0 bridgehead atoms. The average molecular weight is 427 g/mol. The van der Waals surface area contributed by atoms with E-state index in [1.807, 2.05) is 4.90 Å². The number of halogens is 1. The van der Waals surface area contributed by atoms with Crippen molar-refractivity contribution in [1.29, 1.82) is 0 Å². The van der Waals surface area contributed by atoms with Gasteiger partial charge in [-0.2, -0.15) is 0 Å². The molecule has 2 fully saturated rings. The number of carbonyl (C=O) groups is 2. The Hall–Kier alpha value is -3.29. The SMILES string of the molecule is COc1ccc(N2CC(C(=O)N3CCN(c4ccc(F)cc4)CC3)CC2=O)c(OC)c1. The van der Waals surface area contributed by atoms with E-state index in [4.69, 9.17) is 9.47 Å². The van der Waals surface area contributed by atoms with Crippen molar-refractivity contribution in [3.8, 4) is 11.5 Å². The van der Waals surface area contributed by atoms with E-state index in [1.54, 1.807) is 49.5 Å². The molecule has 8 heteroatoms. The van der Waals surface area contributed by atoms with Crippen molar-refractivity contribution < 1.29 is 23.5 Å². The van der Waals surface area contributed by atoms with Gasteiger partial charge in [-0.3, -0.25) is 9.59 Å². The third-order valence-corrected chi connectivity index (χ3v) is 5.94. The lowest BCUT2D eigenvalue weighted by Gasteiger charge is -2.37. The van der Waals surface area contributed by atoms with Crippen LogP contribution >= 0.6 is 0 Å². The molecule has 0 aromatic heterocycles. The van der Waals surface area contributed by atoms with Crippen molar-refractivity contribution in [3.63, 3.8) is 0 Å². The van der Waals surface area contributed by atoms with Crippen LogP contribution in [0, 0.1) is 11.7 Å². The molecule has 2 aliphatic heterocycles. The maximum Gasteiger partial charge on any atom is 0.228 e.